The van der Waals surface area contributed by atoms with Gasteiger partial charge in [0.1, 0.15) is 11.9 Å². The molecule has 0 saturated carbocycles. The fourth-order valence-electron chi connectivity index (χ4n) is 4.42. The molecule has 2 atom stereocenters. The molecule has 1 amide bonds. The molecule has 0 radical (unpaired) electrons. The van der Waals surface area contributed by atoms with E-state index in [0.717, 1.165) is 27.7 Å². The van der Waals surface area contributed by atoms with E-state index in [1.165, 1.54) is 7.11 Å². The Hall–Kier alpha value is -2.77. The molecule has 6 nitrogen and oxygen atoms in total. The summed E-state index contributed by atoms with van der Waals surface area (Å²) in [5.74, 6) is 0.970. The van der Waals surface area contributed by atoms with E-state index in [1.807, 2.05) is 36.4 Å². The van der Waals surface area contributed by atoms with Crippen LogP contribution in [0.3, 0.4) is 0 Å². The van der Waals surface area contributed by atoms with Crippen molar-refractivity contribution in [3.8, 4) is 11.5 Å². The Balaban J connectivity index is 1.75. The van der Waals surface area contributed by atoms with Crippen LogP contribution in [0.4, 0.5) is 0 Å². The van der Waals surface area contributed by atoms with Crippen molar-refractivity contribution in [1.29, 1.82) is 0 Å². The second-order valence-corrected chi connectivity index (χ2v) is 7.93. The molecule has 0 spiro atoms. The normalized spacial score (nSPS) is 19.6. The predicted molar refractivity (Wildman–Crippen MR) is 117 cm³/mol. The lowest BCUT2D eigenvalue weighted by Gasteiger charge is -2.41. The highest BCUT2D eigenvalue weighted by molar-refractivity contribution is 7.80. The molecule has 0 bridgehead atoms. The average Bonchev–Trinajstić information content (AvgIpc) is 3.40. The van der Waals surface area contributed by atoms with Gasteiger partial charge in [0.15, 0.2) is 16.5 Å². The standard InChI is InChI=1S/C22H19ClN2O4S/c1-27-22(30)16-9-14-13-4-2-3-5-15(13)24-20(14)21(25(16)19(26)10-23)12-6-7-17-18(8-12)29-11-28-17/h2-8,16,21,24H,9-11H2,1H3/t16-,21-/m1/s1. The van der Waals surface area contributed by atoms with Gasteiger partial charge in [-0.2, -0.15) is 0 Å². The summed E-state index contributed by atoms with van der Waals surface area (Å²) in [5, 5.41) is 1.47. The molecule has 30 heavy (non-hydrogen) atoms. The molecule has 154 valence electrons. The largest absolute Gasteiger partial charge is 0.488 e. The first-order chi connectivity index (χ1) is 14.6. The van der Waals surface area contributed by atoms with Gasteiger partial charge in [-0.1, -0.05) is 24.3 Å². The van der Waals surface area contributed by atoms with Crippen molar-refractivity contribution in [3.05, 3.63) is 59.3 Å². The quantitative estimate of drug-likeness (QED) is 0.491. The fraction of sp³-hybridized carbons (Fsp3) is 0.273. The number of methoxy groups -OCH3 is 1. The van der Waals surface area contributed by atoms with Gasteiger partial charge in [-0.3, -0.25) is 4.79 Å². The topological polar surface area (TPSA) is 63.8 Å². The van der Waals surface area contributed by atoms with Crippen molar-refractivity contribution in [1.82, 2.24) is 9.88 Å². The molecule has 2 aliphatic heterocycles. The first-order valence-electron chi connectivity index (χ1n) is 9.56. The molecule has 1 N–H and O–H groups in total. The number of aromatic nitrogens is 1. The van der Waals surface area contributed by atoms with Gasteiger partial charge < -0.3 is 24.1 Å². The number of para-hydroxylation sites is 1. The Kier molecular flexibility index (Phi) is 4.79. The van der Waals surface area contributed by atoms with Crippen molar-refractivity contribution < 1.29 is 19.0 Å². The third-order valence-corrected chi connectivity index (χ3v) is 6.39. The minimum atomic E-state index is -0.418. The van der Waals surface area contributed by atoms with E-state index in [2.05, 4.69) is 11.1 Å². The van der Waals surface area contributed by atoms with Crippen molar-refractivity contribution in [3.63, 3.8) is 0 Å². The number of carbonyl (C=O) groups excluding carboxylic acids is 1. The van der Waals surface area contributed by atoms with Crippen molar-refractivity contribution in [2.75, 3.05) is 19.8 Å². The lowest BCUT2D eigenvalue weighted by molar-refractivity contribution is -0.132. The molecule has 2 aromatic carbocycles. The maximum atomic E-state index is 13.0. The highest BCUT2D eigenvalue weighted by Crippen LogP contribution is 2.44. The van der Waals surface area contributed by atoms with Crippen LogP contribution in [0.15, 0.2) is 42.5 Å². The van der Waals surface area contributed by atoms with Gasteiger partial charge in [0.05, 0.1) is 13.2 Å². The van der Waals surface area contributed by atoms with E-state index in [0.29, 0.717) is 23.0 Å². The average molecular weight is 443 g/mol. The van der Waals surface area contributed by atoms with Crippen molar-refractivity contribution in [2.24, 2.45) is 0 Å². The molecule has 0 aliphatic carbocycles. The van der Waals surface area contributed by atoms with Crippen LogP contribution in [-0.2, 0) is 16.0 Å². The number of nitrogens with zero attached hydrogens (tertiary/aromatic N) is 1. The molecule has 3 aromatic rings. The molecule has 5 rings (SSSR count). The lowest BCUT2D eigenvalue weighted by Crippen LogP contribution is -2.51. The number of hydrogen-bond acceptors (Lipinski definition) is 5. The summed E-state index contributed by atoms with van der Waals surface area (Å²) >= 11 is 11.5. The molecule has 0 fully saturated rings. The van der Waals surface area contributed by atoms with E-state index in [4.69, 9.17) is 38.0 Å². The monoisotopic (exact) mass is 442 g/mol. The zero-order valence-electron chi connectivity index (χ0n) is 16.2. The van der Waals surface area contributed by atoms with Gasteiger partial charge in [-0.15, -0.1) is 11.6 Å². The highest BCUT2D eigenvalue weighted by atomic mass is 35.5. The van der Waals surface area contributed by atoms with E-state index >= 15 is 0 Å². The van der Waals surface area contributed by atoms with Gasteiger partial charge in [-0.25, -0.2) is 0 Å². The maximum Gasteiger partial charge on any atom is 0.238 e. The zero-order chi connectivity index (χ0) is 20.8. The summed E-state index contributed by atoms with van der Waals surface area (Å²) < 4.78 is 16.5. The molecule has 0 unspecified atom stereocenters. The van der Waals surface area contributed by atoms with Crippen LogP contribution >= 0.6 is 23.8 Å². The zero-order valence-corrected chi connectivity index (χ0v) is 17.8. The minimum absolute atomic E-state index is 0.153. The van der Waals surface area contributed by atoms with E-state index in [1.54, 1.807) is 4.90 Å². The van der Waals surface area contributed by atoms with Gasteiger partial charge in [0.25, 0.3) is 0 Å². The number of nitrogens with one attached hydrogen (secondary N) is 1. The summed E-state index contributed by atoms with van der Waals surface area (Å²) in [7, 11) is 1.53. The summed E-state index contributed by atoms with van der Waals surface area (Å²) in [6.45, 7) is 0.182. The Morgan fingerprint density at radius 1 is 1.27 bits per heavy atom. The minimum Gasteiger partial charge on any atom is -0.488 e. The van der Waals surface area contributed by atoms with Gasteiger partial charge in [0.2, 0.25) is 12.7 Å². The molecular weight excluding hydrogens is 424 g/mol. The molecule has 3 heterocycles. The number of halogens is 1. The van der Waals surface area contributed by atoms with E-state index < -0.39 is 12.1 Å². The summed E-state index contributed by atoms with van der Waals surface area (Å²) in [4.78, 5) is 18.3. The Bertz CT molecular complexity index is 1160. The smallest absolute Gasteiger partial charge is 0.238 e. The highest BCUT2D eigenvalue weighted by Gasteiger charge is 2.42. The number of hydrogen-bond donors (Lipinski definition) is 1. The van der Waals surface area contributed by atoms with E-state index in [-0.39, 0.29) is 18.6 Å². The molecular formula is C22H19ClN2O4S. The summed E-state index contributed by atoms with van der Waals surface area (Å²) in [5.41, 5.74) is 3.96. The van der Waals surface area contributed by atoms with Crippen LogP contribution < -0.4 is 9.47 Å². The summed E-state index contributed by atoms with van der Waals surface area (Å²) in [6, 6.07) is 13.0. The molecule has 0 saturated heterocycles. The Morgan fingerprint density at radius 2 is 2.07 bits per heavy atom. The molecule has 8 heteroatoms. The predicted octanol–water partition coefficient (Wildman–Crippen LogP) is 3.95. The van der Waals surface area contributed by atoms with Crippen LogP contribution in [0.25, 0.3) is 10.9 Å². The van der Waals surface area contributed by atoms with Crippen LogP contribution in [0.5, 0.6) is 11.5 Å². The third-order valence-electron chi connectivity index (χ3n) is 5.72. The van der Waals surface area contributed by atoms with Crippen molar-refractivity contribution in [2.45, 2.75) is 18.5 Å². The number of H-pyrrole nitrogens is 1. The number of alkyl halides is 1. The second kappa shape index (κ2) is 7.49. The van der Waals surface area contributed by atoms with Crippen LogP contribution in [0.2, 0.25) is 0 Å². The van der Waals surface area contributed by atoms with Crippen LogP contribution in [0.1, 0.15) is 22.9 Å². The second-order valence-electron chi connectivity index (χ2n) is 7.26. The summed E-state index contributed by atoms with van der Waals surface area (Å²) in [6.07, 6.45) is 0.551. The number of ether oxygens (including phenoxy) is 3. The number of benzene rings is 2. The number of amides is 1. The van der Waals surface area contributed by atoms with Gasteiger partial charge in [0, 0.05) is 23.0 Å². The number of thiocarbonyl (C=S) groups is 1. The SMILES string of the molecule is COC(=S)[C@H]1Cc2c([nH]c3ccccc23)[C@@H](c2ccc3c(c2)OCO3)N1C(=O)CCl. The van der Waals surface area contributed by atoms with Gasteiger partial charge >= 0.3 is 0 Å². The van der Waals surface area contributed by atoms with Crippen LogP contribution in [-0.4, -0.2) is 46.7 Å². The molecule has 2 aliphatic rings. The number of carbonyl (C=O) groups is 1. The lowest BCUT2D eigenvalue weighted by atomic mass is 9.88. The van der Waals surface area contributed by atoms with E-state index in [9.17, 15) is 4.79 Å². The van der Waals surface area contributed by atoms with Crippen molar-refractivity contribution >= 4 is 45.7 Å². The molecule has 1 aromatic heterocycles. The van der Waals surface area contributed by atoms with Crippen LogP contribution in [0, 0.1) is 0 Å². The maximum absolute atomic E-state index is 13.0. The number of fused-ring (bicyclic) bond motifs is 4. The first kappa shape index (κ1) is 19.2. The number of rotatable bonds is 3. The number of aromatic amines is 1. The Morgan fingerprint density at radius 3 is 2.87 bits per heavy atom. The third kappa shape index (κ3) is 2.92. The first-order valence-corrected chi connectivity index (χ1v) is 10.5. The Labute approximate surface area is 183 Å². The fourth-order valence-corrected chi connectivity index (χ4v) is 4.75. The van der Waals surface area contributed by atoms with Gasteiger partial charge in [-0.05, 0) is 41.5 Å².